The topological polar surface area (TPSA) is 41.3 Å². The smallest absolute Gasteiger partial charge is 0.150 e. The van der Waals surface area contributed by atoms with Crippen LogP contribution in [0.4, 0.5) is 0 Å². The molecule has 0 spiro atoms. The average molecular weight is 246 g/mol. The molecule has 0 radical (unpaired) electrons. The van der Waals surface area contributed by atoms with Gasteiger partial charge in [-0.1, -0.05) is 5.16 Å². The van der Waals surface area contributed by atoms with Gasteiger partial charge in [-0.15, -0.1) is 12.4 Å². The SMILES string of the molecule is Cc1cc(CN2[C@H](C)CNC[C@@H]2C)on1.Cl. The molecule has 0 aliphatic carbocycles. The number of piperazine rings is 1. The van der Waals surface area contributed by atoms with Crippen molar-refractivity contribution in [2.45, 2.75) is 39.4 Å². The summed E-state index contributed by atoms with van der Waals surface area (Å²) in [5, 5.41) is 7.33. The molecule has 2 rings (SSSR count). The van der Waals surface area contributed by atoms with Gasteiger partial charge in [0.05, 0.1) is 12.2 Å². The van der Waals surface area contributed by atoms with Crippen LogP contribution in [0.25, 0.3) is 0 Å². The van der Waals surface area contributed by atoms with Crippen molar-refractivity contribution in [2.75, 3.05) is 13.1 Å². The van der Waals surface area contributed by atoms with Crippen molar-refractivity contribution >= 4 is 12.4 Å². The summed E-state index contributed by atoms with van der Waals surface area (Å²) >= 11 is 0. The first-order valence-electron chi connectivity index (χ1n) is 5.55. The van der Waals surface area contributed by atoms with Gasteiger partial charge in [0.15, 0.2) is 5.76 Å². The highest BCUT2D eigenvalue weighted by Crippen LogP contribution is 2.15. The normalized spacial score (nSPS) is 26.4. The van der Waals surface area contributed by atoms with Crippen molar-refractivity contribution < 1.29 is 4.52 Å². The number of halogens is 1. The second-order valence-electron chi connectivity index (χ2n) is 4.46. The number of nitrogens with zero attached hydrogens (tertiary/aromatic N) is 2. The largest absolute Gasteiger partial charge is 0.360 e. The van der Waals surface area contributed by atoms with Crippen molar-refractivity contribution in [1.82, 2.24) is 15.4 Å². The molecule has 16 heavy (non-hydrogen) atoms. The summed E-state index contributed by atoms with van der Waals surface area (Å²) in [4.78, 5) is 2.45. The summed E-state index contributed by atoms with van der Waals surface area (Å²) in [7, 11) is 0. The standard InChI is InChI=1S/C11H19N3O.ClH/c1-8-4-11(15-13-8)7-14-9(2)5-12-6-10(14)3;/h4,9-10,12H,5-7H2,1-3H3;1H/t9-,10+;. The molecule has 0 saturated carbocycles. The second-order valence-corrected chi connectivity index (χ2v) is 4.46. The molecule has 1 aromatic rings. The molecule has 1 aliphatic rings. The summed E-state index contributed by atoms with van der Waals surface area (Å²) in [6.07, 6.45) is 0. The van der Waals surface area contributed by atoms with Crippen molar-refractivity contribution in [2.24, 2.45) is 0 Å². The van der Waals surface area contributed by atoms with E-state index in [0.29, 0.717) is 12.1 Å². The molecule has 0 aromatic carbocycles. The molecule has 1 aromatic heterocycles. The number of aromatic nitrogens is 1. The first-order valence-corrected chi connectivity index (χ1v) is 5.55. The predicted octanol–water partition coefficient (Wildman–Crippen LogP) is 1.59. The van der Waals surface area contributed by atoms with Gasteiger partial charge >= 0.3 is 0 Å². The second kappa shape index (κ2) is 5.66. The monoisotopic (exact) mass is 245 g/mol. The number of hydrogen-bond acceptors (Lipinski definition) is 4. The van der Waals surface area contributed by atoms with Crippen LogP contribution in [0.15, 0.2) is 10.6 Å². The van der Waals surface area contributed by atoms with Gasteiger partial charge in [0, 0.05) is 31.2 Å². The Bertz CT molecular complexity index is 319. The lowest BCUT2D eigenvalue weighted by molar-refractivity contribution is 0.0969. The summed E-state index contributed by atoms with van der Waals surface area (Å²) < 4.78 is 5.25. The summed E-state index contributed by atoms with van der Waals surface area (Å²) in [6, 6.07) is 3.12. The molecule has 4 nitrogen and oxygen atoms in total. The van der Waals surface area contributed by atoms with E-state index in [2.05, 4.69) is 29.2 Å². The van der Waals surface area contributed by atoms with E-state index in [9.17, 15) is 0 Å². The van der Waals surface area contributed by atoms with Crippen LogP contribution in [-0.2, 0) is 6.54 Å². The molecule has 92 valence electrons. The van der Waals surface area contributed by atoms with Crippen LogP contribution < -0.4 is 5.32 Å². The highest BCUT2D eigenvalue weighted by molar-refractivity contribution is 5.85. The van der Waals surface area contributed by atoms with Crippen LogP contribution >= 0.6 is 12.4 Å². The highest BCUT2D eigenvalue weighted by atomic mass is 35.5. The van der Waals surface area contributed by atoms with Gasteiger partial charge in [0.25, 0.3) is 0 Å². The molecular weight excluding hydrogens is 226 g/mol. The minimum atomic E-state index is 0. The molecule has 5 heteroatoms. The van der Waals surface area contributed by atoms with E-state index >= 15 is 0 Å². The number of nitrogens with one attached hydrogen (secondary N) is 1. The number of hydrogen-bond donors (Lipinski definition) is 1. The zero-order valence-corrected chi connectivity index (χ0v) is 10.9. The molecule has 2 heterocycles. The van der Waals surface area contributed by atoms with Crippen LogP contribution in [-0.4, -0.2) is 35.2 Å². The van der Waals surface area contributed by atoms with Gasteiger partial charge in [-0.3, -0.25) is 4.90 Å². The molecule has 2 atom stereocenters. The number of rotatable bonds is 2. The molecule has 1 N–H and O–H groups in total. The van der Waals surface area contributed by atoms with Crippen molar-refractivity contribution in [3.05, 3.63) is 17.5 Å². The summed E-state index contributed by atoms with van der Waals surface area (Å²) in [6.45, 7) is 9.41. The van der Waals surface area contributed by atoms with Gasteiger partial charge in [-0.2, -0.15) is 0 Å². The lowest BCUT2D eigenvalue weighted by Crippen LogP contribution is -2.54. The quantitative estimate of drug-likeness (QED) is 0.859. The van der Waals surface area contributed by atoms with Gasteiger partial charge in [0.1, 0.15) is 0 Å². The molecule has 1 aliphatic heterocycles. The Kier molecular flexibility index (Phi) is 4.77. The lowest BCUT2D eigenvalue weighted by atomic mass is 10.1. The van der Waals surface area contributed by atoms with Gasteiger partial charge < -0.3 is 9.84 Å². The van der Waals surface area contributed by atoms with Gasteiger partial charge in [-0.05, 0) is 20.8 Å². The van der Waals surface area contributed by atoms with Crippen molar-refractivity contribution in [1.29, 1.82) is 0 Å². The van der Waals surface area contributed by atoms with E-state index in [-0.39, 0.29) is 12.4 Å². The number of aryl methyl sites for hydroxylation is 1. The Morgan fingerprint density at radius 3 is 2.56 bits per heavy atom. The van der Waals surface area contributed by atoms with E-state index < -0.39 is 0 Å². The summed E-state index contributed by atoms with van der Waals surface area (Å²) in [5.41, 5.74) is 0.959. The third-order valence-electron chi connectivity index (χ3n) is 3.03. The van der Waals surface area contributed by atoms with Gasteiger partial charge in [-0.25, -0.2) is 0 Å². The first kappa shape index (κ1) is 13.5. The van der Waals surface area contributed by atoms with Crippen LogP contribution in [0.3, 0.4) is 0 Å². The maximum absolute atomic E-state index is 5.25. The first-order chi connectivity index (χ1) is 7.16. The Morgan fingerprint density at radius 1 is 1.44 bits per heavy atom. The Labute approximate surface area is 103 Å². The zero-order valence-electron chi connectivity index (χ0n) is 10.1. The maximum Gasteiger partial charge on any atom is 0.150 e. The Morgan fingerprint density at radius 2 is 2.06 bits per heavy atom. The molecule has 0 amide bonds. The fraction of sp³-hybridized carbons (Fsp3) is 0.727. The van der Waals surface area contributed by atoms with Crippen LogP contribution in [0, 0.1) is 6.92 Å². The van der Waals surface area contributed by atoms with E-state index in [4.69, 9.17) is 4.52 Å². The van der Waals surface area contributed by atoms with Gasteiger partial charge in [0.2, 0.25) is 0 Å². The van der Waals surface area contributed by atoms with E-state index in [1.165, 1.54) is 0 Å². The van der Waals surface area contributed by atoms with Crippen LogP contribution in [0.5, 0.6) is 0 Å². The highest BCUT2D eigenvalue weighted by Gasteiger charge is 2.25. The maximum atomic E-state index is 5.25. The molecule has 0 bridgehead atoms. The Balaban J connectivity index is 0.00000128. The minimum Gasteiger partial charge on any atom is -0.360 e. The van der Waals surface area contributed by atoms with Crippen LogP contribution in [0.2, 0.25) is 0 Å². The van der Waals surface area contributed by atoms with E-state index in [1.54, 1.807) is 0 Å². The van der Waals surface area contributed by atoms with E-state index in [1.807, 2.05) is 13.0 Å². The van der Waals surface area contributed by atoms with Crippen molar-refractivity contribution in [3.63, 3.8) is 0 Å². The average Bonchev–Trinajstić information content (AvgIpc) is 2.58. The minimum absolute atomic E-state index is 0. The Hall–Kier alpha value is -0.580. The third kappa shape index (κ3) is 2.97. The van der Waals surface area contributed by atoms with Crippen molar-refractivity contribution in [3.8, 4) is 0 Å². The third-order valence-corrected chi connectivity index (χ3v) is 3.03. The summed E-state index contributed by atoms with van der Waals surface area (Å²) in [5.74, 6) is 0.966. The zero-order chi connectivity index (χ0) is 10.8. The molecular formula is C11H20ClN3O. The fourth-order valence-corrected chi connectivity index (χ4v) is 2.15. The molecule has 0 unspecified atom stereocenters. The molecule has 1 fully saturated rings. The fourth-order valence-electron chi connectivity index (χ4n) is 2.15. The lowest BCUT2D eigenvalue weighted by Gasteiger charge is -2.38. The molecule has 1 saturated heterocycles. The predicted molar refractivity (Wildman–Crippen MR) is 65.8 cm³/mol. The van der Waals surface area contributed by atoms with Crippen LogP contribution in [0.1, 0.15) is 25.3 Å². The van der Waals surface area contributed by atoms with E-state index in [0.717, 1.165) is 31.1 Å².